The second kappa shape index (κ2) is 9.15. The molecule has 1 aliphatic heterocycles. The van der Waals surface area contributed by atoms with Crippen LogP contribution in [0.3, 0.4) is 0 Å². The lowest BCUT2D eigenvalue weighted by Crippen LogP contribution is -2.33. The Morgan fingerprint density at radius 1 is 1.14 bits per heavy atom. The Morgan fingerprint density at radius 3 is 2.23 bits per heavy atom. The number of rotatable bonds is 6. The molecule has 0 bridgehead atoms. The van der Waals surface area contributed by atoms with E-state index in [-0.39, 0.29) is 25.5 Å². The van der Waals surface area contributed by atoms with Gasteiger partial charge >= 0.3 is 21.6 Å². The first-order valence-corrected chi connectivity index (χ1v) is 13.0. The second-order valence-corrected chi connectivity index (χ2v) is 11.5. The number of benzene rings is 2. The maximum atomic E-state index is 13.0. The molecular formula is C19H14Cl2F3NO8S2. The first-order valence-electron chi connectivity index (χ1n) is 9.36. The SMILES string of the molecule is CC(C)c1cc(OS(=O)(=O)C(F)(F)F)cc2c1C(=O)N(COC(=O)c1c(Cl)cccc1Cl)S2(=O)=O. The van der Waals surface area contributed by atoms with E-state index in [0.717, 1.165) is 6.07 Å². The summed E-state index contributed by atoms with van der Waals surface area (Å²) < 4.78 is 96.2. The van der Waals surface area contributed by atoms with Gasteiger partial charge in [0, 0.05) is 6.07 Å². The molecular weight excluding hydrogens is 562 g/mol. The van der Waals surface area contributed by atoms with Gasteiger partial charge in [0.05, 0.1) is 21.2 Å². The van der Waals surface area contributed by atoms with Crippen LogP contribution in [0, 0.1) is 0 Å². The first kappa shape index (κ1) is 27.0. The summed E-state index contributed by atoms with van der Waals surface area (Å²) in [5.41, 5.74) is -6.60. The summed E-state index contributed by atoms with van der Waals surface area (Å²) in [6.45, 7) is 1.85. The topological polar surface area (TPSA) is 124 Å². The predicted octanol–water partition coefficient (Wildman–Crippen LogP) is 4.30. The number of carbonyl (C=O) groups is 2. The van der Waals surface area contributed by atoms with Gasteiger partial charge in [-0.2, -0.15) is 25.9 Å². The van der Waals surface area contributed by atoms with Crippen molar-refractivity contribution in [2.24, 2.45) is 0 Å². The zero-order valence-corrected chi connectivity index (χ0v) is 20.7. The largest absolute Gasteiger partial charge is 0.534 e. The van der Waals surface area contributed by atoms with Gasteiger partial charge in [0.25, 0.3) is 15.9 Å². The van der Waals surface area contributed by atoms with Gasteiger partial charge < -0.3 is 8.92 Å². The molecule has 1 amide bonds. The lowest BCUT2D eigenvalue weighted by atomic mass is 9.96. The Bertz CT molecular complexity index is 1420. The van der Waals surface area contributed by atoms with Crippen molar-refractivity contribution < 1.29 is 48.5 Å². The molecule has 0 aliphatic carbocycles. The van der Waals surface area contributed by atoms with E-state index in [2.05, 4.69) is 4.18 Å². The highest BCUT2D eigenvalue weighted by Crippen LogP contribution is 2.40. The fourth-order valence-corrected chi connectivity index (χ4v) is 5.55. The Labute approximate surface area is 207 Å². The van der Waals surface area contributed by atoms with E-state index < -0.39 is 66.4 Å². The molecule has 0 N–H and O–H groups in total. The summed E-state index contributed by atoms with van der Waals surface area (Å²) in [6.07, 6.45) is 0. The maximum absolute atomic E-state index is 13.0. The predicted molar refractivity (Wildman–Crippen MR) is 116 cm³/mol. The zero-order valence-electron chi connectivity index (χ0n) is 17.6. The van der Waals surface area contributed by atoms with Crippen molar-refractivity contribution in [2.75, 3.05) is 6.73 Å². The van der Waals surface area contributed by atoms with Crippen molar-refractivity contribution in [1.29, 1.82) is 0 Å². The third-order valence-corrected chi connectivity index (χ3v) is 8.04. The summed E-state index contributed by atoms with van der Waals surface area (Å²) >= 11 is 11.8. The van der Waals surface area contributed by atoms with E-state index in [9.17, 15) is 39.6 Å². The zero-order chi connectivity index (χ0) is 26.5. The minimum absolute atomic E-state index is 0.101. The van der Waals surface area contributed by atoms with Crippen LogP contribution in [-0.2, 0) is 24.9 Å². The normalized spacial score (nSPS) is 15.3. The molecule has 0 radical (unpaired) electrons. The fraction of sp³-hybridized carbons (Fsp3) is 0.263. The lowest BCUT2D eigenvalue weighted by Gasteiger charge is -2.16. The van der Waals surface area contributed by atoms with Crippen molar-refractivity contribution in [2.45, 2.75) is 30.2 Å². The third-order valence-electron chi connectivity index (χ3n) is 4.71. The Balaban J connectivity index is 2.00. The van der Waals surface area contributed by atoms with E-state index >= 15 is 0 Å². The number of esters is 1. The van der Waals surface area contributed by atoms with Crippen LogP contribution in [0.2, 0.25) is 10.0 Å². The molecule has 2 aromatic rings. The number of hydrogen-bond donors (Lipinski definition) is 0. The van der Waals surface area contributed by atoms with Crippen LogP contribution in [-0.4, -0.2) is 45.3 Å². The summed E-state index contributed by atoms with van der Waals surface area (Å²) in [6, 6.07) is 5.38. The van der Waals surface area contributed by atoms with Crippen LogP contribution in [0.15, 0.2) is 35.2 Å². The van der Waals surface area contributed by atoms with Crippen molar-refractivity contribution in [3.8, 4) is 5.75 Å². The molecule has 0 atom stereocenters. The van der Waals surface area contributed by atoms with Crippen LogP contribution in [0.5, 0.6) is 5.75 Å². The summed E-state index contributed by atoms with van der Waals surface area (Å²) in [5.74, 6) is -3.91. The fourth-order valence-electron chi connectivity index (χ4n) is 3.08. The van der Waals surface area contributed by atoms with E-state index in [1.165, 1.54) is 32.0 Å². The number of halogens is 5. The Morgan fingerprint density at radius 2 is 1.71 bits per heavy atom. The minimum Gasteiger partial charge on any atom is -0.439 e. The molecule has 1 heterocycles. The number of amides is 1. The van der Waals surface area contributed by atoms with Crippen molar-refractivity contribution in [3.63, 3.8) is 0 Å². The maximum Gasteiger partial charge on any atom is 0.534 e. The molecule has 3 rings (SSSR count). The van der Waals surface area contributed by atoms with Gasteiger partial charge in [-0.15, -0.1) is 0 Å². The van der Waals surface area contributed by atoms with Crippen LogP contribution in [0.1, 0.15) is 46.0 Å². The van der Waals surface area contributed by atoms with E-state index in [4.69, 9.17) is 27.9 Å². The average Bonchev–Trinajstić information content (AvgIpc) is 2.90. The highest BCUT2D eigenvalue weighted by molar-refractivity contribution is 7.90. The molecule has 1 aliphatic rings. The molecule has 0 unspecified atom stereocenters. The standard InChI is InChI=1S/C19H14Cl2F3NO8S2/c1-9(2)11-6-10(33-35(30,31)19(22,23)24)7-14-15(11)17(26)25(34(14,28)29)8-32-18(27)16-12(20)4-3-5-13(16)21/h3-7,9H,8H2,1-2H3. The number of alkyl halides is 3. The molecule has 0 spiro atoms. The smallest absolute Gasteiger partial charge is 0.439 e. The van der Waals surface area contributed by atoms with Crippen molar-refractivity contribution in [3.05, 3.63) is 57.1 Å². The summed E-state index contributed by atoms with van der Waals surface area (Å²) in [7, 11) is -10.9. The van der Waals surface area contributed by atoms with Crippen LogP contribution in [0.4, 0.5) is 13.2 Å². The summed E-state index contributed by atoms with van der Waals surface area (Å²) in [4.78, 5) is 24.5. The van der Waals surface area contributed by atoms with Crippen molar-refractivity contribution >= 4 is 55.2 Å². The Kier molecular flexibility index (Phi) is 7.07. The van der Waals surface area contributed by atoms with Gasteiger partial charge in [0.2, 0.25) is 0 Å². The molecule has 0 aromatic heterocycles. The molecule has 9 nitrogen and oxygen atoms in total. The van der Waals surface area contributed by atoms with Gasteiger partial charge in [-0.25, -0.2) is 13.2 Å². The van der Waals surface area contributed by atoms with Crippen molar-refractivity contribution in [1.82, 2.24) is 4.31 Å². The molecule has 16 heteroatoms. The van der Waals surface area contributed by atoms with Gasteiger partial charge in [-0.3, -0.25) is 4.79 Å². The molecule has 0 saturated heterocycles. The molecule has 0 saturated carbocycles. The molecule has 2 aromatic carbocycles. The average molecular weight is 576 g/mol. The number of nitrogens with zero attached hydrogens (tertiary/aromatic N) is 1. The van der Waals surface area contributed by atoms with Gasteiger partial charge in [-0.05, 0) is 29.7 Å². The van der Waals surface area contributed by atoms with Gasteiger partial charge in [0.1, 0.15) is 10.6 Å². The number of sulfonamides is 1. The van der Waals surface area contributed by atoms with E-state index in [1.54, 1.807) is 0 Å². The summed E-state index contributed by atoms with van der Waals surface area (Å²) in [5, 5.41) is -0.202. The van der Waals surface area contributed by atoms with Crippen LogP contribution >= 0.6 is 23.2 Å². The second-order valence-electron chi connectivity index (χ2n) is 7.34. The molecule has 190 valence electrons. The Hall–Kier alpha value is -2.55. The number of carbonyl (C=O) groups excluding carboxylic acids is 2. The monoisotopic (exact) mass is 575 g/mol. The van der Waals surface area contributed by atoms with Crippen LogP contribution in [0.25, 0.3) is 0 Å². The third kappa shape index (κ3) is 4.92. The van der Waals surface area contributed by atoms with Gasteiger partial charge in [0.15, 0.2) is 6.73 Å². The molecule has 35 heavy (non-hydrogen) atoms. The van der Waals surface area contributed by atoms with Crippen LogP contribution < -0.4 is 4.18 Å². The van der Waals surface area contributed by atoms with Gasteiger partial charge in [-0.1, -0.05) is 43.1 Å². The van der Waals surface area contributed by atoms with E-state index in [0.29, 0.717) is 6.07 Å². The molecule has 0 fully saturated rings. The lowest BCUT2D eigenvalue weighted by molar-refractivity contribution is -0.0500. The first-order chi connectivity index (χ1) is 16.0. The number of ether oxygens (including phenoxy) is 1. The number of fused-ring (bicyclic) bond motifs is 1. The quantitative estimate of drug-likeness (QED) is 0.283. The minimum atomic E-state index is -6.12. The highest BCUT2D eigenvalue weighted by Gasteiger charge is 2.50. The highest BCUT2D eigenvalue weighted by atomic mass is 35.5. The van der Waals surface area contributed by atoms with E-state index in [1.807, 2.05) is 0 Å². The number of hydrogen-bond acceptors (Lipinski definition) is 8.